The molecule has 3 aliphatic rings. The molecule has 0 bridgehead atoms. The molecule has 0 radical (unpaired) electrons. The average Bonchev–Trinajstić information content (AvgIpc) is 3.55. The van der Waals surface area contributed by atoms with Crippen LogP contribution in [0.3, 0.4) is 0 Å². The van der Waals surface area contributed by atoms with Crippen LogP contribution < -0.4 is 19.8 Å². The van der Waals surface area contributed by atoms with Crippen molar-refractivity contribution in [1.29, 1.82) is 0 Å². The van der Waals surface area contributed by atoms with E-state index in [0.717, 1.165) is 29.2 Å². The molecule has 11 heteroatoms. The number of nitrogens with zero attached hydrogens (tertiary/aromatic N) is 3. The summed E-state index contributed by atoms with van der Waals surface area (Å²) in [5, 5.41) is 3.22. The van der Waals surface area contributed by atoms with E-state index in [0.29, 0.717) is 45.2 Å². The van der Waals surface area contributed by atoms with Crippen molar-refractivity contribution < 1.29 is 17.9 Å². The van der Waals surface area contributed by atoms with Gasteiger partial charge >= 0.3 is 6.09 Å². The van der Waals surface area contributed by atoms with Crippen LogP contribution in [-0.4, -0.2) is 76.2 Å². The Balaban J connectivity index is 1.31. The van der Waals surface area contributed by atoms with Gasteiger partial charge in [-0.1, -0.05) is 12.2 Å². The second kappa shape index (κ2) is 8.66. The summed E-state index contributed by atoms with van der Waals surface area (Å²) < 4.78 is 33.1. The second-order valence-corrected chi connectivity index (χ2v) is 10.1. The minimum Gasteiger partial charge on any atom is -0.442 e. The molecule has 1 aromatic carbocycles. The lowest BCUT2D eigenvalue weighted by Crippen LogP contribution is -2.51. The third-order valence-corrected chi connectivity index (χ3v) is 7.73. The van der Waals surface area contributed by atoms with Crippen LogP contribution in [0.1, 0.15) is 12.8 Å². The van der Waals surface area contributed by atoms with Gasteiger partial charge in [0.15, 0.2) is 0 Å². The Labute approximate surface area is 182 Å². The van der Waals surface area contributed by atoms with Crippen LogP contribution in [0.25, 0.3) is 0 Å². The Morgan fingerprint density at radius 1 is 1.13 bits per heavy atom. The summed E-state index contributed by atoms with van der Waals surface area (Å²) in [5.41, 5.74) is 1.79. The number of hydrogen-bond donors (Lipinski definition) is 2. The molecule has 1 saturated carbocycles. The summed E-state index contributed by atoms with van der Waals surface area (Å²) in [7, 11) is -1.96. The van der Waals surface area contributed by atoms with E-state index in [-0.39, 0.29) is 12.2 Å². The molecule has 3 fully saturated rings. The molecule has 1 aromatic rings. The van der Waals surface area contributed by atoms with Crippen molar-refractivity contribution >= 4 is 44.9 Å². The largest absolute Gasteiger partial charge is 0.442 e. The molecule has 2 aliphatic heterocycles. The Morgan fingerprint density at radius 3 is 2.37 bits per heavy atom. The predicted octanol–water partition coefficient (Wildman–Crippen LogP) is 0.925. The standard InChI is InChI=1S/C19H27N5O4S2/c1-20-30(26,27)23-10-8-22(9-11-23)15-4-6-16(7-5-15)24-13-17(28-19(24)25)12-21-18(29)14-2-3-14/h4-7,14,17,20H,2-3,8-13H2,1H3,(H,21,29)/t17-/m0/s1. The van der Waals surface area contributed by atoms with Crippen LogP contribution in [0.5, 0.6) is 0 Å². The Hall–Kier alpha value is -1.95. The number of carbonyl (C=O) groups excluding carboxylic acids is 1. The third-order valence-electron chi connectivity index (χ3n) is 5.69. The summed E-state index contributed by atoms with van der Waals surface area (Å²) >= 11 is 5.33. The first-order valence-corrected chi connectivity index (χ1v) is 12.0. The van der Waals surface area contributed by atoms with E-state index in [1.165, 1.54) is 11.4 Å². The molecule has 2 saturated heterocycles. The molecule has 2 heterocycles. The van der Waals surface area contributed by atoms with Gasteiger partial charge in [0.25, 0.3) is 10.2 Å². The highest BCUT2D eigenvalue weighted by molar-refractivity contribution is 7.87. The van der Waals surface area contributed by atoms with Gasteiger partial charge < -0.3 is 15.0 Å². The van der Waals surface area contributed by atoms with Crippen LogP contribution in [0.15, 0.2) is 24.3 Å². The first-order chi connectivity index (χ1) is 14.4. The van der Waals surface area contributed by atoms with Crippen molar-refractivity contribution in [3.8, 4) is 0 Å². The molecule has 0 unspecified atom stereocenters. The zero-order chi connectivity index (χ0) is 21.3. The van der Waals surface area contributed by atoms with Gasteiger partial charge in [-0.2, -0.15) is 12.7 Å². The number of ether oxygens (including phenoxy) is 1. The first-order valence-electron chi connectivity index (χ1n) is 10.2. The van der Waals surface area contributed by atoms with E-state index < -0.39 is 10.2 Å². The minimum absolute atomic E-state index is 0.226. The zero-order valence-corrected chi connectivity index (χ0v) is 18.5. The van der Waals surface area contributed by atoms with Gasteiger partial charge in [-0.15, -0.1) is 0 Å². The lowest BCUT2D eigenvalue weighted by Gasteiger charge is -2.35. The van der Waals surface area contributed by atoms with E-state index in [2.05, 4.69) is 14.9 Å². The monoisotopic (exact) mass is 453 g/mol. The van der Waals surface area contributed by atoms with Crippen LogP contribution >= 0.6 is 12.2 Å². The molecule has 164 valence electrons. The number of rotatable bonds is 7. The van der Waals surface area contributed by atoms with Gasteiger partial charge in [0.2, 0.25) is 0 Å². The number of amides is 1. The Bertz CT molecular complexity index is 896. The Morgan fingerprint density at radius 2 is 1.77 bits per heavy atom. The minimum atomic E-state index is -3.38. The predicted molar refractivity (Wildman–Crippen MR) is 119 cm³/mol. The molecule has 9 nitrogen and oxygen atoms in total. The van der Waals surface area contributed by atoms with Gasteiger partial charge in [0, 0.05) is 50.5 Å². The van der Waals surface area contributed by atoms with Crippen LogP contribution in [0, 0.1) is 5.92 Å². The fourth-order valence-corrected chi connectivity index (χ4v) is 4.92. The molecular weight excluding hydrogens is 426 g/mol. The molecule has 1 amide bonds. The van der Waals surface area contributed by atoms with Gasteiger partial charge in [-0.3, -0.25) is 4.90 Å². The smallest absolute Gasteiger partial charge is 0.414 e. The van der Waals surface area contributed by atoms with Gasteiger partial charge in [-0.05, 0) is 37.1 Å². The molecule has 1 atom stereocenters. The average molecular weight is 454 g/mol. The maximum absolute atomic E-state index is 12.3. The highest BCUT2D eigenvalue weighted by atomic mass is 32.2. The van der Waals surface area contributed by atoms with Crippen molar-refractivity contribution in [3.05, 3.63) is 24.3 Å². The fourth-order valence-electron chi connectivity index (χ4n) is 3.70. The van der Waals surface area contributed by atoms with Crippen molar-refractivity contribution in [1.82, 2.24) is 14.3 Å². The topological polar surface area (TPSA) is 94.2 Å². The summed E-state index contributed by atoms with van der Waals surface area (Å²) in [5.74, 6) is 0.501. The van der Waals surface area contributed by atoms with Crippen molar-refractivity contribution in [2.75, 3.05) is 56.1 Å². The number of nitrogens with one attached hydrogen (secondary N) is 2. The number of thiocarbonyl (C=S) groups is 1. The summed E-state index contributed by atoms with van der Waals surface area (Å²) in [6, 6.07) is 7.72. The SMILES string of the molecule is CNS(=O)(=O)N1CCN(c2ccc(N3C[C@H](CNC(=S)C4CC4)OC3=O)cc2)CC1. The lowest BCUT2D eigenvalue weighted by atomic mass is 10.2. The maximum atomic E-state index is 12.3. The van der Waals surface area contributed by atoms with Crippen LogP contribution in [0.2, 0.25) is 0 Å². The first kappa shape index (κ1) is 21.3. The van der Waals surface area contributed by atoms with Crippen molar-refractivity contribution in [2.45, 2.75) is 18.9 Å². The number of cyclic esters (lactones) is 1. The number of hydrogen-bond acceptors (Lipinski definition) is 6. The lowest BCUT2D eigenvalue weighted by molar-refractivity contribution is 0.143. The fraction of sp³-hybridized carbons (Fsp3) is 0.579. The van der Waals surface area contributed by atoms with E-state index in [1.54, 1.807) is 4.90 Å². The molecular formula is C19H27N5O4S2. The highest BCUT2D eigenvalue weighted by Crippen LogP contribution is 2.30. The van der Waals surface area contributed by atoms with Gasteiger partial charge in [0.1, 0.15) is 6.10 Å². The number of benzene rings is 1. The maximum Gasteiger partial charge on any atom is 0.414 e. The van der Waals surface area contributed by atoms with Gasteiger partial charge in [-0.25, -0.2) is 9.52 Å². The molecule has 0 aromatic heterocycles. The molecule has 0 spiro atoms. The summed E-state index contributed by atoms with van der Waals surface area (Å²) in [6.07, 6.45) is 1.72. The second-order valence-electron chi connectivity index (χ2n) is 7.75. The summed E-state index contributed by atoms with van der Waals surface area (Å²) in [4.78, 5) is 16.9. The van der Waals surface area contributed by atoms with E-state index >= 15 is 0 Å². The number of piperazine rings is 1. The van der Waals surface area contributed by atoms with Crippen molar-refractivity contribution in [3.63, 3.8) is 0 Å². The van der Waals surface area contributed by atoms with Crippen LogP contribution in [0.4, 0.5) is 16.2 Å². The molecule has 30 heavy (non-hydrogen) atoms. The van der Waals surface area contributed by atoms with Gasteiger partial charge in [0.05, 0.1) is 18.1 Å². The number of carbonyl (C=O) groups is 1. The molecule has 2 N–H and O–H groups in total. The Kier molecular flexibility index (Phi) is 6.14. The van der Waals surface area contributed by atoms with E-state index in [9.17, 15) is 13.2 Å². The third kappa shape index (κ3) is 4.69. The quantitative estimate of drug-likeness (QED) is 0.593. The molecule has 4 rings (SSSR count). The van der Waals surface area contributed by atoms with Crippen molar-refractivity contribution in [2.24, 2.45) is 5.92 Å². The highest BCUT2D eigenvalue weighted by Gasteiger charge is 2.34. The van der Waals surface area contributed by atoms with Crippen LogP contribution in [-0.2, 0) is 14.9 Å². The van der Waals surface area contributed by atoms with E-state index in [1.807, 2.05) is 24.3 Å². The number of anilines is 2. The normalized spacial score (nSPS) is 22.8. The molecule has 1 aliphatic carbocycles. The zero-order valence-electron chi connectivity index (χ0n) is 16.9. The van der Waals surface area contributed by atoms with E-state index in [4.69, 9.17) is 17.0 Å². The summed E-state index contributed by atoms with van der Waals surface area (Å²) in [6.45, 7) is 3.11.